The molecule has 0 unspecified atom stereocenters. The summed E-state index contributed by atoms with van der Waals surface area (Å²) in [6.45, 7) is 2.56. The van der Waals surface area contributed by atoms with Crippen molar-refractivity contribution >= 4 is 11.5 Å². The zero-order valence-electron chi connectivity index (χ0n) is 10.6. The number of methoxy groups -OCH3 is 1. The highest BCUT2D eigenvalue weighted by atomic mass is 16.5. The predicted octanol–water partition coefficient (Wildman–Crippen LogP) is 0.721. The molecule has 0 spiro atoms. The van der Waals surface area contributed by atoms with E-state index in [0.717, 1.165) is 11.3 Å². The van der Waals surface area contributed by atoms with Gasteiger partial charge in [-0.3, -0.25) is 4.68 Å². The Morgan fingerprint density at radius 1 is 1.44 bits per heavy atom. The molecule has 0 saturated carbocycles. The summed E-state index contributed by atoms with van der Waals surface area (Å²) >= 11 is 0. The van der Waals surface area contributed by atoms with Crippen molar-refractivity contribution < 1.29 is 4.74 Å². The number of hydrogen-bond acceptors (Lipinski definition) is 6. The van der Waals surface area contributed by atoms with Gasteiger partial charge >= 0.3 is 0 Å². The van der Waals surface area contributed by atoms with Gasteiger partial charge < -0.3 is 15.8 Å². The second-order valence-electron chi connectivity index (χ2n) is 3.91. The average molecular weight is 248 g/mol. The van der Waals surface area contributed by atoms with Gasteiger partial charge in [0, 0.05) is 25.4 Å². The Hall–Kier alpha value is -2.31. The molecule has 0 radical (unpaired) electrons. The van der Waals surface area contributed by atoms with Crippen LogP contribution in [0.5, 0.6) is 5.88 Å². The number of nitrogen functional groups attached to an aromatic ring is 1. The first kappa shape index (κ1) is 12.2. The van der Waals surface area contributed by atoms with E-state index in [0.29, 0.717) is 23.9 Å². The number of aryl methyl sites for hydroxylation is 2. The Kier molecular flexibility index (Phi) is 3.31. The third-order valence-electron chi connectivity index (χ3n) is 2.60. The van der Waals surface area contributed by atoms with Crippen LogP contribution in [0.4, 0.5) is 11.5 Å². The van der Waals surface area contributed by atoms with Gasteiger partial charge in [-0.15, -0.1) is 0 Å². The number of hydrogen-bond donors (Lipinski definition) is 2. The lowest BCUT2D eigenvalue weighted by Gasteiger charge is -2.09. The first-order chi connectivity index (χ1) is 8.61. The van der Waals surface area contributed by atoms with E-state index in [4.69, 9.17) is 10.5 Å². The van der Waals surface area contributed by atoms with E-state index in [1.54, 1.807) is 4.68 Å². The van der Waals surface area contributed by atoms with Gasteiger partial charge in [-0.2, -0.15) is 10.1 Å². The van der Waals surface area contributed by atoms with Crippen LogP contribution in [0.2, 0.25) is 0 Å². The van der Waals surface area contributed by atoms with E-state index in [9.17, 15) is 0 Å². The first-order valence-corrected chi connectivity index (χ1v) is 5.49. The minimum absolute atomic E-state index is 0.371. The Bertz CT molecular complexity index is 550. The number of ether oxygens (including phenoxy) is 1. The van der Waals surface area contributed by atoms with Gasteiger partial charge in [-0.05, 0) is 6.92 Å². The third kappa shape index (κ3) is 2.34. The molecule has 0 fully saturated rings. The van der Waals surface area contributed by atoms with E-state index in [1.807, 2.05) is 20.2 Å². The van der Waals surface area contributed by atoms with E-state index in [2.05, 4.69) is 20.4 Å². The second kappa shape index (κ2) is 4.91. The van der Waals surface area contributed by atoms with Crippen LogP contribution in [0.15, 0.2) is 12.5 Å². The van der Waals surface area contributed by atoms with Crippen molar-refractivity contribution in [3.05, 3.63) is 23.8 Å². The Balaban J connectivity index is 2.13. The average Bonchev–Trinajstić information content (AvgIpc) is 2.66. The summed E-state index contributed by atoms with van der Waals surface area (Å²) in [5, 5.41) is 7.42. The predicted molar refractivity (Wildman–Crippen MR) is 68.3 cm³/mol. The molecule has 7 heteroatoms. The molecule has 3 N–H and O–H groups in total. The van der Waals surface area contributed by atoms with Crippen LogP contribution in [-0.4, -0.2) is 26.9 Å². The van der Waals surface area contributed by atoms with Crippen molar-refractivity contribution in [2.24, 2.45) is 7.05 Å². The molecule has 0 aromatic carbocycles. The lowest BCUT2D eigenvalue weighted by molar-refractivity contribution is 0.399. The molecular weight excluding hydrogens is 232 g/mol. The summed E-state index contributed by atoms with van der Waals surface area (Å²) in [6, 6.07) is 0. The maximum Gasteiger partial charge on any atom is 0.242 e. The van der Waals surface area contributed by atoms with Gasteiger partial charge in [0.1, 0.15) is 12.0 Å². The number of nitrogens with one attached hydrogen (secondary N) is 1. The van der Waals surface area contributed by atoms with Crippen molar-refractivity contribution in [2.45, 2.75) is 13.5 Å². The minimum Gasteiger partial charge on any atom is -0.479 e. The van der Waals surface area contributed by atoms with Crippen LogP contribution in [0, 0.1) is 6.92 Å². The zero-order valence-corrected chi connectivity index (χ0v) is 10.6. The number of anilines is 2. The van der Waals surface area contributed by atoms with Gasteiger partial charge in [0.25, 0.3) is 0 Å². The minimum atomic E-state index is 0.371. The van der Waals surface area contributed by atoms with Crippen LogP contribution < -0.4 is 15.8 Å². The number of nitrogens with zero attached hydrogens (tertiary/aromatic N) is 4. The maximum atomic E-state index is 5.87. The molecule has 0 atom stereocenters. The molecule has 0 saturated heterocycles. The monoisotopic (exact) mass is 248 g/mol. The molecule has 2 aromatic heterocycles. The molecule has 96 valence electrons. The van der Waals surface area contributed by atoms with Gasteiger partial charge in [0.05, 0.1) is 12.8 Å². The zero-order chi connectivity index (χ0) is 13.1. The highest BCUT2D eigenvalue weighted by molar-refractivity contribution is 5.66. The SMILES string of the molecule is COc1ncnc(NCc2cn(C)nc2C)c1N. The van der Waals surface area contributed by atoms with E-state index < -0.39 is 0 Å². The second-order valence-corrected chi connectivity index (χ2v) is 3.91. The summed E-state index contributed by atoms with van der Waals surface area (Å²) in [7, 11) is 3.41. The lowest BCUT2D eigenvalue weighted by Crippen LogP contribution is -2.07. The van der Waals surface area contributed by atoms with Crippen molar-refractivity contribution in [3.8, 4) is 5.88 Å². The Morgan fingerprint density at radius 2 is 2.22 bits per heavy atom. The summed E-state index contributed by atoms with van der Waals surface area (Å²) in [5.41, 5.74) is 8.34. The molecule has 0 amide bonds. The Morgan fingerprint density at radius 3 is 2.83 bits per heavy atom. The highest BCUT2D eigenvalue weighted by Gasteiger charge is 2.09. The van der Waals surface area contributed by atoms with E-state index >= 15 is 0 Å². The fraction of sp³-hybridized carbons (Fsp3) is 0.364. The standard InChI is InChI=1S/C11H16N6O/c1-7-8(5-17(2)16-7)4-13-10-9(12)11(18-3)15-6-14-10/h5-6H,4,12H2,1-3H3,(H,13,14,15). The summed E-state index contributed by atoms with van der Waals surface area (Å²) in [5.74, 6) is 0.931. The quantitative estimate of drug-likeness (QED) is 0.828. The number of aromatic nitrogens is 4. The summed E-state index contributed by atoms with van der Waals surface area (Å²) in [4.78, 5) is 8.00. The van der Waals surface area contributed by atoms with Crippen LogP contribution in [0.25, 0.3) is 0 Å². The molecule has 2 aromatic rings. The number of rotatable bonds is 4. The maximum absolute atomic E-state index is 5.87. The molecule has 0 aliphatic carbocycles. The topological polar surface area (TPSA) is 90.9 Å². The fourth-order valence-electron chi connectivity index (χ4n) is 1.68. The molecule has 0 bridgehead atoms. The fourth-order valence-corrected chi connectivity index (χ4v) is 1.68. The molecule has 0 aliphatic rings. The van der Waals surface area contributed by atoms with Crippen LogP contribution in [0.3, 0.4) is 0 Å². The molecule has 2 heterocycles. The van der Waals surface area contributed by atoms with Gasteiger partial charge in [-0.25, -0.2) is 4.98 Å². The lowest BCUT2D eigenvalue weighted by atomic mass is 10.2. The smallest absolute Gasteiger partial charge is 0.242 e. The molecular formula is C11H16N6O. The normalized spacial score (nSPS) is 10.4. The molecule has 7 nitrogen and oxygen atoms in total. The van der Waals surface area contributed by atoms with Crippen molar-refractivity contribution in [1.82, 2.24) is 19.7 Å². The Labute approximate surface area is 105 Å². The van der Waals surface area contributed by atoms with Crippen LogP contribution in [0.1, 0.15) is 11.3 Å². The van der Waals surface area contributed by atoms with E-state index in [1.165, 1.54) is 13.4 Å². The molecule has 2 rings (SSSR count). The van der Waals surface area contributed by atoms with Crippen LogP contribution in [-0.2, 0) is 13.6 Å². The van der Waals surface area contributed by atoms with Crippen LogP contribution >= 0.6 is 0 Å². The van der Waals surface area contributed by atoms with Crippen molar-refractivity contribution in [3.63, 3.8) is 0 Å². The molecule has 0 aliphatic heterocycles. The molecule has 18 heavy (non-hydrogen) atoms. The highest BCUT2D eigenvalue weighted by Crippen LogP contribution is 2.24. The third-order valence-corrected chi connectivity index (χ3v) is 2.60. The van der Waals surface area contributed by atoms with Gasteiger partial charge in [-0.1, -0.05) is 0 Å². The largest absolute Gasteiger partial charge is 0.479 e. The summed E-state index contributed by atoms with van der Waals surface area (Å²) < 4.78 is 6.81. The van der Waals surface area contributed by atoms with Gasteiger partial charge in [0.2, 0.25) is 5.88 Å². The van der Waals surface area contributed by atoms with E-state index in [-0.39, 0.29) is 0 Å². The summed E-state index contributed by atoms with van der Waals surface area (Å²) in [6.07, 6.45) is 3.37. The number of nitrogens with two attached hydrogens (primary N) is 1. The van der Waals surface area contributed by atoms with Crippen molar-refractivity contribution in [1.29, 1.82) is 0 Å². The van der Waals surface area contributed by atoms with Gasteiger partial charge in [0.15, 0.2) is 5.82 Å². The van der Waals surface area contributed by atoms with Crippen molar-refractivity contribution in [2.75, 3.05) is 18.2 Å². The first-order valence-electron chi connectivity index (χ1n) is 5.49.